The fraction of sp³-hybridized carbons (Fsp3) is 0.182. The van der Waals surface area contributed by atoms with E-state index in [-0.39, 0.29) is 11.8 Å². The number of hydrogen-bond donors (Lipinski definition) is 1. The number of nitriles is 1. The summed E-state index contributed by atoms with van der Waals surface area (Å²) in [6.07, 6.45) is 0. The fourth-order valence-corrected chi connectivity index (χ4v) is 4.33. The van der Waals surface area contributed by atoms with Gasteiger partial charge in [-0.25, -0.2) is 0 Å². The maximum atomic E-state index is 9.79. The Morgan fingerprint density at radius 1 is 1.07 bits per heavy atom. The molecular weight excluding hydrogens is 420 g/mol. The predicted molar refractivity (Wildman–Crippen MR) is 110 cm³/mol. The molecule has 28 heavy (non-hydrogen) atoms. The van der Waals surface area contributed by atoms with Gasteiger partial charge in [0, 0.05) is 11.5 Å². The molecule has 0 spiro atoms. The molecule has 5 nitrogen and oxygen atoms in total. The molecule has 1 N–H and O–H groups in total. The summed E-state index contributed by atoms with van der Waals surface area (Å²) < 4.78 is 17.3. The molecule has 2 unspecified atom stereocenters. The zero-order valence-electron chi connectivity index (χ0n) is 15.3. The highest BCUT2D eigenvalue weighted by molar-refractivity contribution is 9.10. The minimum atomic E-state index is -0.737. The van der Waals surface area contributed by atoms with Crippen LogP contribution < -0.4 is 14.2 Å². The van der Waals surface area contributed by atoms with Gasteiger partial charge in [-0.1, -0.05) is 24.3 Å². The zero-order valence-corrected chi connectivity index (χ0v) is 16.9. The number of nitrogens with zero attached hydrogens (tertiary/aromatic N) is 1. The van der Waals surface area contributed by atoms with E-state index in [9.17, 15) is 5.26 Å². The van der Waals surface area contributed by atoms with Crippen LogP contribution in [0.2, 0.25) is 0 Å². The third kappa shape index (κ3) is 2.88. The predicted octanol–water partition coefficient (Wildman–Crippen LogP) is 5.26. The van der Waals surface area contributed by atoms with Gasteiger partial charge in [0.1, 0.15) is 11.7 Å². The van der Waals surface area contributed by atoms with E-state index < -0.39 is 5.92 Å². The molecule has 2 atom stereocenters. The number of nitrogens with one attached hydrogen (secondary N) is 1. The van der Waals surface area contributed by atoms with Gasteiger partial charge in [0.05, 0.1) is 24.8 Å². The summed E-state index contributed by atoms with van der Waals surface area (Å²) in [5.41, 5.74) is 1.72. The second-order valence-corrected chi connectivity index (χ2v) is 7.38. The molecule has 0 bridgehead atoms. The van der Waals surface area contributed by atoms with Gasteiger partial charge in [0.15, 0.2) is 11.5 Å². The van der Waals surface area contributed by atoms with Gasteiger partial charge in [0.25, 0.3) is 0 Å². The fourth-order valence-electron chi connectivity index (χ4n) is 3.70. The zero-order chi connectivity index (χ0) is 19.8. The maximum Gasteiger partial charge on any atom is 0.205 e. The van der Waals surface area contributed by atoms with Gasteiger partial charge in [0.2, 0.25) is 5.90 Å². The van der Waals surface area contributed by atoms with Crippen LogP contribution >= 0.6 is 15.9 Å². The summed E-state index contributed by atoms with van der Waals surface area (Å²) in [5.74, 6) is 0.595. The monoisotopic (exact) mass is 436 g/mol. The molecular formula is C22H17BrN2O3. The molecule has 0 amide bonds. The molecule has 0 fully saturated rings. The van der Waals surface area contributed by atoms with Gasteiger partial charge < -0.3 is 14.2 Å². The number of halogens is 1. The molecule has 1 heterocycles. The molecule has 1 aliphatic heterocycles. The van der Waals surface area contributed by atoms with Crippen molar-refractivity contribution in [2.75, 3.05) is 14.2 Å². The molecule has 1 aliphatic rings. The summed E-state index contributed by atoms with van der Waals surface area (Å²) in [7, 11) is 3.15. The van der Waals surface area contributed by atoms with E-state index in [1.807, 2.05) is 48.5 Å². The first-order valence-electron chi connectivity index (χ1n) is 8.67. The average molecular weight is 437 g/mol. The van der Waals surface area contributed by atoms with Crippen molar-refractivity contribution in [3.63, 3.8) is 0 Å². The molecule has 3 aromatic carbocycles. The standard InChI is InChI=1S/C22H17BrN2O3/c1-26-19-10-14(8-17(23)21(19)27-2)20-15-7-12-5-3-4-6-13(12)9-18(15)28-22(25)16(20)11-24/h3-10,16,20,25H,1-2H3. The number of methoxy groups -OCH3 is 2. The highest BCUT2D eigenvalue weighted by Crippen LogP contribution is 2.47. The Labute approximate surface area is 171 Å². The molecule has 6 heteroatoms. The molecule has 0 aromatic heterocycles. The Morgan fingerprint density at radius 3 is 2.43 bits per heavy atom. The first-order chi connectivity index (χ1) is 13.6. The number of fused-ring (bicyclic) bond motifs is 2. The SMILES string of the molecule is COc1cc(C2c3cc4ccccc4cc3OC(=N)C2C#N)cc(Br)c1OC. The van der Waals surface area contributed by atoms with Crippen LogP contribution in [0.5, 0.6) is 17.2 Å². The van der Waals surface area contributed by atoms with Crippen molar-refractivity contribution in [2.45, 2.75) is 5.92 Å². The Balaban J connectivity index is 1.97. The molecule has 0 saturated carbocycles. The van der Waals surface area contributed by atoms with Crippen molar-refractivity contribution in [2.24, 2.45) is 5.92 Å². The Bertz CT molecular complexity index is 1140. The number of benzene rings is 3. The van der Waals surface area contributed by atoms with Gasteiger partial charge in [-0.2, -0.15) is 5.26 Å². The summed E-state index contributed by atoms with van der Waals surface area (Å²) in [6, 6.07) is 17.9. The lowest BCUT2D eigenvalue weighted by Crippen LogP contribution is -2.31. The Hall–Kier alpha value is -3.04. The lowest BCUT2D eigenvalue weighted by Gasteiger charge is -2.31. The van der Waals surface area contributed by atoms with Crippen LogP contribution in [0.4, 0.5) is 0 Å². The van der Waals surface area contributed by atoms with Crippen molar-refractivity contribution in [3.05, 3.63) is 64.1 Å². The lowest BCUT2D eigenvalue weighted by atomic mass is 9.78. The van der Waals surface area contributed by atoms with E-state index in [0.717, 1.165) is 26.4 Å². The second kappa shape index (κ2) is 7.17. The van der Waals surface area contributed by atoms with Gasteiger partial charge in [-0.15, -0.1) is 0 Å². The van der Waals surface area contributed by atoms with Crippen LogP contribution in [0.15, 0.2) is 53.0 Å². The number of ether oxygens (including phenoxy) is 3. The quantitative estimate of drug-likeness (QED) is 0.607. The minimum Gasteiger partial charge on any atom is -0.493 e. The number of rotatable bonds is 3. The first kappa shape index (κ1) is 18.3. The third-order valence-electron chi connectivity index (χ3n) is 5.00. The van der Waals surface area contributed by atoms with Crippen molar-refractivity contribution < 1.29 is 14.2 Å². The summed E-state index contributed by atoms with van der Waals surface area (Å²) in [6.45, 7) is 0. The lowest BCUT2D eigenvalue weighted by molar-refractivity contribution is 0.352. The van der Waals surface area contributed by atoms with Crippen LogP contribution in [0, 0.1) is 22.7 Å². The largest absolute Gasteiger partial charge is 0.493 e. The smallest absolute Gasteiger partial charge is 0.205 e. The van der Waals surface area contributed by atoms with Crippen LogP contribution in [-0.2, 0) is 0 Å². The Kier molecular flexibility index (Phi) is 4.70. The van der Waals surface area contributed by atoms with Crippen LogP contribution in [0.3, 0.4) is 0 Å². The van der Waals surface area contributed by atoms with Crippen molar-refractivity contribution in [3.8, 4) is 23.3 Å². The van der Waals surface area contributed by atoms with Crippen LogP contribution in [0.1, 0.15) is 17.0 Å². The van der Waals surface area contributed by atoms with E-state index in [2.05, 4.69) is 22.0 Å². The van der Waals surface area contributed by atoms with E-state index in [4.69, 9.17) is 19.6 Å². The first-order valence-corrected chi connectivity index (χ1v) is 9.46. The van der Waals surface area contributed by atoms with E-state index in [0.29, 0.717) is 17.2 Å². The van der Waals surface area contributed by atoms with Crippen molar-refractivity contribution >= 4 is 32.6 Å². The number of hydrogen-bond acceptors (Lipinski definition) is 5. The van der Waals surface area contributed by atoms with Gasteiger partial charge in [-0.05, 0) is 56.5 Å². The highest BCUT2D eigenvalue weighted by Gasteiger charge is 2.37. The third-order valence-corrected chi connectivity index (χ3v) is 5.59. The summed E-state index contributed by atoms with van der Waals surface area (Å²) in [4.78, 5) is 0. The topological polar surface area (TPSA) is 75.3 Å². The molecule has 3 aromatic rings. The molecule has 0 radical (unpaired) electrons. The maximum absolute atomic E-state index is 9.79. The second-order valence-electron chi connectivity index (χ2n) is 6.53. The Morgan fingerprint density at radius 2 is 1.79 bits per heavy atom. The molecule has 4 rings (SSSR count). The molecule has 0 aliphatic carbocycles. The summed E-state index contributed by atoms with van der Waals surface area (Å²) >= 11 is 3.53. The van der Waals surface area contributed by atoms with E-state index in [1.165, 1.54) is 0 Å². The molecule has 0 saturated heterocycles. The van der Waals surface area contributed by atoms with E-state index >= 15 is 0 Å². The average Bonchev–Trinajstić information content (AvgIpc) is 2.70. The van der Waals surface area contributed by atoms with Crippen LogP contribution in [0.25, 0.3) is 10.8 Å². The highest BCUT2D eigenvalue weighted by atomic mass is 79.9. The van der Waals surface area contributed by atoms with E-state index in [1.54, 1.807) is 14.2 Å². The minimum absolute atomic E-state index is 0.0545. The van der Waals surface area contributed by atoms with Crippen molar-refractivity contribution in [1.29, 1.82) is 10.7 Å². The summed E-state index contributed by atoms with van der Waals surface area (Å²) in [5, 5.41) is 20.2. The molecule has 140 valence electrons. The van der Waals surface area contributed by atoms with Gasteiger partial charge in [-0.3, -0.25) is 5.41 Å². The van der Waals surface area contributed by atoms with Crippen molar-refractivity contribution in [1.82, 2.24) is 0 Å². The van der Waals surface area contributed by atoms with Gasteiger partial charge >= 0.3 is 0 Å². The van der Waals surface area contributed by atoms with Crippen LogP contribution in [-0.4, -0.2) is 20.1 Å². The normalized spacial score (nSPS) is 18.1.